The highest BCUT2D eigenvalue weighted by Crippen LogP contribution is 2.35. The Morgan fingerprint density at radius 2 is 1.69 bits per heavy atom. The van der Waals surface area contributed by atoms with E-state index in [1.807, 2.05) is 32.0 Å². The number of rotatable bonds is 3. The largest absolute Gasteiger partial charge is 0.508 e. The molecule has 3 nitrogen and oxygen atoms in total. The topological polar surface area (TPSA) is 48.9 Å². The van der Waals surface area contributed by atoms with Crippen LogP contribution in [-0.2, 0) is 12.6 Å². The summed E-state index contributed by atoms with van der Waals surface area (Å²) in [6, 6.07) is 14.4. The second-order valence-electron chi connectivity index (χ2n) is 7.22. The van der Waals surface area contributed by atoms with Crippen LogP contribution < -0.4 is 0 Å². The van der Waals surface area contributed by atoms with Gasteiger partial charge in [0.05, 0.1) is 16.6 Å². The van der Waals surface area contributed by atoms with Gasteiger partial charge in [0, 0.05) is 18.1 Å². The van der Waals surface area contributed by atoms with Gasteiger partial charge in [-0.2, -0.15) is 13.2 Å². The molecular formula is C23H19F3N2O. The van der Waals surface area contributed by atoms with E-state index in [1.54, 1.807) is 6.07 Å². The average molecular weight is 396 g/mol. The van der Waals surface area contributed by atoms with Crippen molar-refractivity contribution in [1.29, 1.82) is 0 Å². The van der Waals surface area contributed by atoms with E-state index in [9.17, 15) is 18.3 Å². The number of phenolic OH excluding ortho intramolecular Hbond substituents is 1. The number of aromatic hydroxyl groups is 1. The molecule has 148 valence electrons. The van der Waals surface area contributed by atoms with Crippen LogP contribution in [0.5, 0.6) is 5.75 Å². The fourth-order valence-electron chi connectivity index (χ4n) is 3.49. The van der Waals surface area contributed by atoms with Gasteiger partial charge in [-0.1, -0.05) is 30.3 Å². The van der Waals surface area contributed by atoms with Crippen molar-refractivity contribution in [3.8, 4) is 17.1 Å². The quantitative estimate of drug-likeness (QED) is 0.436. The molecule has 0 saturated carbocycles. The molecule has 0 fully saturated rings. The Morgan fingerprint density at radius 3 is 2.41 bits per heavy atom. The minimum Gasteiger partial charge on any atom is -0.508 e. The van der Waals surface area contributed by atoms with E-state index in [0.29, 0.717) is 22.4 Å². The van der Waals surface area contributed by atoms with Gasteiger partial charge in [-0.3, -0.25) is 0 Å². The van der Waals surface area contributed by atoms with Gasteiger partial charge < -0.3 is 10.1 Å². The lowest BCUT2D eigenvalue weighted by molar-refractivity contribution is -0.138. The molecule has 0 saturated heterocycles. The molecule has 2 N–H and O–H groups in total. The summed E-state index contributed by atoms with van der Waals surface area (Å²) in [6.07, 6.45) is -4.43. The van der Waals surface area contributed by atoms with E-state index in [0.717, 1.165) is 22.8 Å². The number of nitrogens with zero attached hydrogens (tertiary/aromatic N) is 1. The molecule has 4 rings (SSSR count). The second kappa shape index (κ2) is 6.95. The average Bonchev–Trinajstić information content (AvgIpc) is 3.07. The standard InChI is InChI=1S/C23H19F3N2O/c1-13-7-8-16(9-14(13)2)22-27-20-12-18(29)11-17(21(20)28-22)10-15-5-3-4-6-19(15)23(24,25)26/h3-9,11-12,29H,10H2,1-2H3,(H,27,28). The Bertz CT molecular complexity index is 1210. The summed E-state index contributed by atoms with van der Waals surface area (Å²) in [5.74, 6) is 0.589. The van der Waals surface area contributed by atoms with E-state index in [2.05, 4.69) is 9.97 Å². The fourth-order valence-corrected chi connectivity index (χ4v) is 3.49. The third-order valence-corrected chi connectivity index (χ3v) is 5.13. The summed E-state index contributed by atoms with van der Waals surface area (Å²) >= 11 is 0. The summed E-state index contributed by atoms with van der Waals surface area (Å²) in [6.45, 7) is 4.03. The van der Waals surface area contributed by atoms with Gasteiger partial charge >= 0.3 is 6.18 Å². The number of imidazole rings is 1. The number of aromatic nitrogens is 2. The summed E-state index contributed by atoms with van der Waals surface area (Å²) in [4.78, 5) is 7.81. The number of benzene rings is 3. The van der Waals surface area contributed by atoms with Gasteiger partial charge in [-0.15, -0.1) is 0 Å². The monoisotopic (exact) mass is 396 g/mol. The lowest BCUT2D eigenvalue weighted by atomic mass is 9.98. The molecule has 0 aliphatic carbocycles. The van der Waals surface area contributed by atoms with Gasteiger partial charge in [0.25, 0.3) is 0 Å². The van der Waals surface area contributed by atoms with Crippen LogP contribution in [0.1, 0.15) is 27.8 Å². The van der Waals surface area contributed by atoms with E-state index >= 15 is 0 Å². The number of hydrogen-bond donors (Lipinski definition) is 2. The molecular weight excluding hydrogens is 377 g/mol. The van der Waals surface area contributed by atoms with E-state index < -0.39 is 11.7 Å². The molecule has 0 aliphatic heterocycles. The van der Waals surface area contributed by atoms with Gasteiger partial charge in [0.15, 0.2) is 0 Å². The van der Waals surface area contributed by atoms with Crippen LogP contribution in [0.25, 0.3) is 22.4 Å². The lowest BCUT2D eigenvalue weighted by Gasteiger charge is -2.13. The SMILES string of the molecule is Cc1ccc(-c2nc3c(Cc4ccccc4C(F)(F)F)cc(O)cc3[nH]2)cc1C. The highest BCUT2D eigenvalue weighted by atomic mass is 19.4. The molecule has 0 unspecified atom stereocenters. The predicted octanol–water partition coefficient (Wildman–Crippen LogP) is 6.16. The van der Waals surface area contributed by atoms with E-state index in [4.69, 9.17) is 0 Å². The Hall–Kier alpha value is -3.28. The Balaban J connectivity index is 1.82. The highest BCUT2D eigenvalue weighted by Gasteiger charge is 2.33. The Kier molecular flexibility index (Phi) is 4.57. The van der Waals surface area contributed by atoms with Crippen molar-refractivity contribution in [1.82, 2.24) is 9.97 Å². The molecule has 6 heteroatoms. The molecule has 0 spiro atoms. The first kappa shape index (κ1) is 19.1. The number of H-pyrrole nitrogens is 1. The van der Waals surface area contributed by atoms with Gasteiger partial charge in [-0.25, -0.2) is 4.98 Å². The maximum Gasteiger partial charge on any atom is 0.416 e. The van der Waals surface area contributed by atoms with Crippen LogP contribution in [0.2, 0.25) is 0 Å². The van der Waals surface area contributed by atoms with Crippen LogP contribution in [0, 0.1) is 13.8 Å². The first-order valence-electron chi connectivity index (χ1n) is 9.16. The zero-order valence-electron chi connectivity index (χ0n) is 15.9. The second-order valence-corrected chi connectivity index (χ2v) is 7.22. The van der Waals surface area contributed by atoms with Crippen molar-refractivity contribution in [3.05, 3.63) is 82.4 Å². The van der Waals surface area contributed by atoms with Crippen LogP contribution in [0.4, 0.5) is 13.2 Å². The van der Waals surface area contributed by atoms with Crippen molar-refractivity contribution in [2.45, 2.75) is 26.4 Å². The first-order valence-corrected chi connectivity index (χ1v) is 9.16. The predicted molar refractivity (Wildman–Crippen MR) is 107 cm³/mol. The van der Waals surface area contributed by atoms with Gasteiger partial charge in [0.1, 0.15) is 11.6 Å². The Morgan fingerprint density at radius 1 is 0.931 bits per heavy atom. The van der Waals surface area contributed by atoms with Crippen molar-refractivity contribution >= 4 is 11.0 Å². The molecule has 0 aliphatic rings. The van der Waals surface area contributed by atoms with Crippen LogP contribution in [0.15, 0.2) is 54.6 Å². The number of aryl methyl sites for hydroxylation is 2. The molecule has 1 heterocycles. The number of alkyl halides is 3. The smallest absolute Gasteiger partial charge is 0.416 e. The summed E-state index contributed by atoms with van der Waals surface area (Å²) in [5, 5.41) is 10.1. The van der Waals surface area contributed by atoms with E-state index in [-0.39, 0.29) is 17.7 Å². The van der Waals surface area contributed by atoms with Gasteiger partial charge in [0.2, 0.25) is 0 Å². The minimum atomic E-state index is -4.44. The van der Waals surface area contributed by atoms with Crippen molar-refractivity contribution in [2.75, 3.05) is 0 Å². The molecule has 29 heavy (non-hydrogen) atoms. The molecule has 0 bridgehead atoms. The number of nitrogens with one attached hydrogen (secondary N) is 1. The van der Waals surface area contributed by atoms with Crippen molar-refractivity contribution in [2.24, 2.45) is 0 Å². The normalized spacial score (nSPS) is 11.9. The molecule has 1 aromatic heterocycles. The van der Waals surface area contributed by atoms with Crippen molar-refractivity contribution < 1.29 is 18.3 Å². The number of halogens is 3. The van der Waals surface area contributed by atoms with E-state index in [1.165, 1.54) is 24.3 Å². The maximum atomic E-state index is 13.4. The summed E-state index contributed by atoms with van der Waals surface area (Å²) in [7, 11) is 0. The molecule has 0 atom stereocenters. The molecule has 3 aromatic carbocycles. The number of hydrogen-bond acceptors (Lipinski definition) is 2. The molecule has 0 amide bonds. The maximum absolute atomic E-state index is 13.4. The third-order valence-electron chi connectivity index (χ3n) is 5.13. The summed E-state index contributed by atoms with van der Waals surface area (Å²) < 4.78 is 40.1. The van der Waals surface area contributed by atoms with Crippen LogP contribution in [0.3, 0.4) is 0 Å². The van der Waals surface area contributed by atoms with Crippen molar-refractivity contribution in [3.63, 3.8) is 0 Å². The minimum absolute atomic E-state index is 0.0117. The lowest BCUT2D eigenvalue weighted by Crippen LogP contribution is -2.09. The number of phenols is 1. The highest BCUT2D eigenvalue weighted by molar-refractivity contribution is 5.84. The zero-order chi connectivity index (χ0) is 20.8. The number of fused-ring (bicyclic) bond motifs is 1. The third kappa shape index (κ3) is 3.70. The zero-order valence-corrected chi connectivity index (χ0v) is 15.9. The van der Waals surface area contributed by atoms with Gasteiger partial charge in [-0.05, 0) is 54.3 Å². The Labute approximate surface area is 165 Å². The van der Waals surface area contributed by atoms with Crippen LogP contribution in [-0.4, -0.2) is 15.1 Å². The molecule has 0 radical (unpaired) electrons. The number of aromatic amines is 1. The summed E-state index contributed by atoms with van der Waals surface area (Å²) in [5.41, 5.74) is 4.28. The first-order chi connectivity index (χ1) is 13.7. The van der Waals surface area contributed by atoms with Crippen LogP contribution >= 0.6 is 0 Å². The molecule has 4 aromatic rings. The fraction of sp³-hybridized carbons (Fsp3) is 0.174.